The topological polar surface area (TPSA) is 101 Å². The molecule has 1 atom stereocenters. The second kappa shape index (κ2) is 13.1. The molecule has 0 bridgehead atoms. The summed E-state index contributed by atoms with van der Waals surface area (Å²) in [6.07, 6.45) is 1.07. The van der Waals surface area contributed by atoms with Gasteiger partial charge in [-0.2, -0.15) is 0 Å². The Labute approximate surface area is 248 Å². The number of hydrogen-bond donors (Lipinski definition) is 0. The third-order valence-corrected chi connectivity index (χ3v) is 14.8. The molecule has 0 spiro atoms. The number of rotatable bonds is 13. The quantitative estimate of drug-likeness (QED) is 0.107. The lowest BCUT2D eigenvalue weighted by atomic mass is 10.0. The average Bonchev–Trinajstić information content (AvgIpc) is 3.69. The molecule has 2 aromatic carbocycles. The molecule has 1 aliphatic heterocycles. The first-order valence-electron chi connectivity index (χ1n) is 13.6. The Morgan fingerprint density at radius 1 is 1.05 bits per heavy atom. The van der Waals surface area contributed by atoms with Crippen LogP contribution in [0.2, 0.25) is 0 Å². The van der Waals surface area contributed by atoms with E-state index in [2.05, 4.69) is 0 Å². The molecule has 1 unspecified atom stereocenters. The molecule has 5 rings (SSSR count). The number of thiazole rings is 1. The highest BCUT2D eigenvalue weighted by Gasteiger charge is 2.52. The molecule has 1 saturated heterocycles. The van der Waals surface area contributed by atoms with Crippen molar-refractivity contribution in [1.82, 2.24) is 4.98 Å². The van der Waals surface area contributed by atoms with Gasteiger partial charge in [0.05, 0.1) is 32.1 Å². The summed E-state index contributed by atoms with van der Waals surface area (Å²) in [4.78, 5) is 19.9. The van der Waals surface area contributed by atoms with Gasteiger partial charge in [0.2, 0.25) is 0 Å². The minimum Gasteiger partial charge on any atom is -0.308 e. The highest BCUT2D eigenvalue weighted by molar-refractivity contribution is 7.72. The van der Waals surface area contributed by atoms with E-state index in [4.69, 9.17) is 23.1 Å². The lowest BCUT2D eigenvalue weighted by molar-refractivity contribution is 0.0982. The molecule has 0 amide bonds. The Balaban J connectivity index is 1.33. The van der Waals surface area contributed by atoms with Crippen LogP contribution in [0.1, 0.15) is 46.1 Å². The summed E-state index contributed by atoms with van der Waals surface area (Å²) >= 11 is 3.13. The zero-order chi connectivity index (χ0) is 29.0. The van der Waals surface area contributed by atoms with Gasteiger partial charge in [-0.05, 0) is 56.8 Å². The fraction of sp³-hybridized carbons (Fsp3) is 0.379. The second-order valence-corrected chi connectivity index (χ2v) is 16.8. The number of aromatic nitrogens is 1. The minimum atomic E-state index is -3.80. The first-order chi connectivity index (χ1) is 19.7. The first-order valence-corrected chi connectivity index (χ1v) is 18.5. The summed E-state index contributed by atoms with van der Waals surface area (Å²) in [6.45, 7) is 6.08. The Hall–Kier alpha value is -2.00. The smallest absolute Gasteiger partial charge is 0.308 e. The predicted octanol–water partition coefficient (Wildman–Crippen LogP) is 8.52. The van der Waals surface area contributed by atoms with Gasteiger partial charge < -0.3 is 18.1 Å². The molecule has 8 nitrogen and oxygen atoms in total. The summed E-state index contributed by atoms with van der Waals surface area (Å²) in [5, 5.41) is 0.777. The van der Waals surface area contributed by atoms with Crippen LogP contribution in [0.25, 0.3) is 20.7 Å². The molecular weight excluding hydrogens is 600 g/mol. The molecule has 2 aromatic heterocycles. The zero-order valence-corrected chi connectivity index (χ0v) is 26.7. The van der Waals surface area contributed by atoms with Crippen molar-refractivity contribution in [2.24, 2.45) is 0 Å². The summed E-state index contributed by atoms with van der Waals surface area (Å²) in [5.41, 5.74) is 2.65. The fourth-order valence-corrected chi connectivity index (χ4v) is 12.3. The van der Waals surface area contributed by atoms with Crippen LogP contribution in [0.4, 0.5) is 0 Å². The predicted molar refractivity (Wildman–Crippen MR) is 165 cm³/mol. The van der Waals surface area contributed by atoms with Crippen LogP contribution in [-0.4, -0.2) is 42.6 Å². The number of nitrogens with zero attached hydrogens (tertiary/aromatic N) is 1. The molecule has 0 aliphatic carbocycles. The van der Waals surface area contributed by atoms with E-state index in [0.717, 1.165) is 36.1 Å². The zero-order valence-electron chi connectivity index (χ0n) is 23.2. The van der Waals surface area contributed by atoms with Gasteiger partial charge in [0, 0.05) is 38.4 Å². The molecule has 3 heterocycles. The van der Waals surface area contributed by atoms with Gasteiger partial charge in [-0.15, -0.1) is 22.7 Å². The summed E-state index contributed by atoms with van der Waals surface area (Å²) in [5.74, 6) is 0.0422. The van der Waals surface area contributed by atoms with Crippen LogP contribution in [0, 0.1) is 6.92 Å². The average molecular weight is 634 g/mol. The van der Waals surface area contributed by atoms with Crippen LogP contribution in [0.3, 0.4) is 0 Å². The van der Waals surface area contributed by atoms with Crippen molar-refractivity contribution in [3.8, 4) is 10.6 Å². The Kier molecular flexibility index (Phi) is 9.74. The summed E-state index contributed by atoms with van der Waals surface area (Å²) < 4.78 is 50.4. The van der Waals surface area contributed by atoms with E-state index < -0.39 is 20.6 Å². The SMILES string of the molecule is CCOP(=O)(OCC)C(Cc1cc2cc(C(=O)CCc3nc(-c4ccccc4)sc3C)ccc2s1)P1(=O)OCCO1. The number of thiophene rings is 1. The van der Waals surface area contributed by atoms with E-state index >= 15 is 0 Å². The fourth-order valence-electron chi connectivity index (χ4n) is 4.80. The van der Waals surface area contributed by atoms with Crippen LogP contribution < -0.4 is 0 Å². The maximum atomic E-state index is 13.7. The Morgan fingerprint density at radius 2 is 1.76 bits per heavy atom. The summed E-state index contributed by atoms with van der Waals surface area (Å²) in [6, 6.07) is 17.6. The summed E-state index contributed by atoms with van der Waals surface area (Å²) in [7, 11) is -7.53. The van der Waals surface area contributed by atoms with Gasteiger partial charge in [-0.25, -0.2) is 4.98 Å². The number of aryl methyl sites for hydroxylation is 2. The molecule has 0 radical (unpaired) electrons. The van der Waals surface area contributed by atoms with Crippen molar-refractivity contribution >= 4 is 53.7 Å². The van der Waals surface area contributed by atoms with Gasteiger partial charge in [-0.3, -0.25) is 13.9 Å². The van der Waals surface area contributed by atoms with E-state index in [1.807, 2.05) is 61.5 Å². The van der Waals surface area contributed by atoms with Gasteiger partial charge >= 0.3 is 15.2 Å². The molecule has 4 aromatic rings. The number of hydrogen-bond acceptors (Lipinski definition) is 10. The highest BCUT2D eigenvalue weighted by atomic mass is 32.1. The van der Waals surface area contributed by atoms with Gasteiger partial charge in [0.15, 0.2) is 11.2 Å². The van der Waals surface area contributed by atoms with Crippen LogP contribution in [0.15, 0.2) is 54.6 Å². The molecular formula is C29H33NO7P2S2. The van der Waals surface area contributed by atoms with Crippen molar-refractivity contribution < 1.29 is 32.0 Å². The monoisotopic (exact) mass is 633 g/mol. The van der Waals surface area contributed by atoms with Crippen molar-refractivity contribution in [2.75, 3.05) is 26.4 Å². The number of carbonyl (C=O) groups excluding carboxylic acids is 1. The molecule has 0 N–H and O–H groups in total. The number of Topliss-reactive ketones (excluding diaryl/α,β-unsaturated/α-hetero) is 1. The molecule has 41 heavy (non-hydrogen) atoms. The van der Waals surface area contributed by atoms with E-state index in [1.165, 1.54) is 11.3 Å². The van der Waals surface area contributed by atoms with Crippen molar-refractivity contribution in [3.63, 3.8) is 0 Å². The molecule has 0 saturated carbocycles. The van der Waals surface area contributed by atoms with Crippen LogP contribution in [-0.2, 0) is 40.1 Å². The number of carbonyl (C=O) groups is 1. The van der Waals surface area contributed by atoms with E-state index in [9.17, 15) is 13.9 Å². The van der Waals surface area contributed by atoms with Gasteiger partial charge in [-0.1, -0.05) is 30.3 Å². The highest BCUT2D eigenvalue weighted by Crippen LogP contribution is 2.72. The maximum absolute atomic E-state index is 13.7. The van der Waals surface area contributed by atoms with E-state index in [0.29, 0.717) is 18.4 Å². The van der Waals surface area contributed by atoms with Crippen molar-refractivity contribution in [2.45, 2.75) is 45.4 Å². The van der Waals surface area contributed by atoms with Crippen molar-refractivity contribution in [3.05, 3.63) is 75.6 Å². The third-order valence-electron chi connectivity index (χ3n) is 6.75. The number of fused-ring (bicyclic) bond motifs is 1. The van der Waals surface area contributed by atoms with Crippen LogP contribution in [0.5, 0.6) is 0 Å². The Morgan fingerprint density at radius 3 is 2.44 bits per heavy atom. The molecule has 12 heteroatoms. The normalized spacial score (nSPS) is 15.9. The van der Waals surface area contributed by atoms with Crippen molar-refractivity contribution in [1.29, 1.82) is 0 Å². The maximum Gasteiger partial charge on any atom is 0.346 e. The number of ketones is 1. The van der Waals surface area contributed by atoms with Gasteiger partial charge in [0.25, 0.3) is 0 Å². The standard InChI is InChI=1S/C29H33NO7P2S2/c1-4-34-38(32,35-5-2)28(39(33)36-15-16-37-39)19-24-18-23-17-22(11-14-27(23)41-24)26(31)13-12-25-20(3)40-29(30-25)21-9-7-6-8-10-21/h6-11,14,17-18,28H,4-5,12-13,15-16,19H2,1-3H3. The lowest BCUT2D eigenvalue weighted by Gasteiger charge is -2.28. The van der Waals surface area contributed by atoms with Gasteiger partial charge in [0.1, 0.15) is 5.01 Å². The lowest BCUT2D eigenvalue weighted by Crippen LogP contribution is -2.17. The first kappa shape index (κ1) is 30.5. The minimum absolute atomic E-state index is 0.0422. The number of benzene rings is 2. The van der Waals surface area contributed by atoms with E-state index in [-0.39, 0.29) is 38.6 Å². The molecule has 1 aliphatic rings. The largest absolute Gasteiger partial charge is 0.346 e. The Bertz CT molecular complexity index is 1600. The second-order valence-electron chi connectivity index (χ2n) is 9.54. The third kappa shape index (κ3) is 6.82. The molecule has 218 valence electrons. The molecule has 1 fully saturated rings. The van der Waals surface area contributed by atoms with Crippen LogP contribution >= 0.6 is 37.9 Å². The van der Waals surface area contributed by atoms with E-state index in [1.54, 1.807) is 25.2 Å².